The largest absolute Gasteiger partial charge is 0.0885 e. The van der Waals surface area contributed by atoms with Crippen LogP contribution in [0.5, 0.6) is 0 Å². The fourth-order valence-corrected chi connectivity index (χ4v) is 0.760. The fourth-order valence-electron chi connectivity index (χ4n) is 0.760. The summed E-state index contributed by atoms with van der Waals surface area (Å²) in [6.07, 6.45) is 10.0. The van der Waals surface area contributed by atoms with E-state index in [1.54, 1.807) is 0 Å². The Kier molecular flexibility index (Phi) is 4.69. The summed E-state index contributed by atoms with van der Waals surface area (Å²) in [6.45, 7) is 0. The van der Waals surface area contributed by atoms with Gasteiger partial charge in [0.05, 0.1) is 0 Å². The molecule has 0 atom stereocenters. The van der Waals surface area contributed by atoms with E-state index >= 15 is 0 Å². The van der Waals surface area contributed by atoms with E-state index in [1.165, 1.54) is 25.7 Å². The van der Waals surface area contributed by atoms with Crippen molar-refractivity contribution in [2.24, 2.45) is 0 Å². The molecule has 0 nitrogen and oxygen atoms in total. The van der Waals surface area contributed by atoms with Crippen LogP contribution < -0.4 is 0 Å². The molecule has 0 spiro atoms. The van der Waals surface area contributed by atoms with Crippen LogP contribution in [-0.4, -0.2) is 0 Å². The molecular weight excluding hydrogens is 123 g/mol. The van der Waals surface area contributed by atoms with E-state index in [1.807, 2.05) is 0 Å². The smallest absolute Gasteiger partial charge is 0 e. The maximum Gasteiger partial charge on any atom is 0 e. The molecule has 1 aliphatic carbocycles. The average molecular weight is 133 g/mol. The van der Waals surface area contributed by atoms with Gasteiger partial charge in [-0.1, -0.05) is 12.2 Å². The molecule has 0 fully saturated rings. The van der Waals surface area contributed by atoms with Crippen molar-refractivity contribution < 1.29 is 18.6 Å². The molecule has 0 amide bonds. The molecule has 0 unspecified atom stereocenters. The zero-order chi connectivity index (χ0) is 4.24. The first-order valence-corrected chi connectivity index (χ1v) is 2.65. The predicted molar refractivity (Wildman–Crippen MR) is 27.6 cm³/mol. The van der Waals surface area contributed by atoms with Crippen LogP contribution >= 0.6 is 0 Å². The Morgan fingerprint density at radius 2 is 1.29 bits per heavy atom. The van der Waals surface area contributed by atoms with Gasteiger partial charge in [0.1, 0.15) is 0 Å². The Bertz CT molecular complexity index is 49.2. The van der Waals surface area contributed by atoms with Crippen LogP contribution in [0, 0.1) is 0 Å². The average Bonchev–Trinajstić information content (AvgIpc) is 1.72. The molecule has 0 aromatic heterocycles. The molecule has 0 N–H and O–H groups in total. The first kappa shape index (κ1) is 7.32. The van der Waals surface area contributed by atoms with E-state index in [0.29, 0.717) is 0 Å². The molecular formula is C6H10V. The third-order valence-electron chi connectivity index (χ3n) is 1.16. The van der Waals surface area contributed by atoms with E-state index in [0.717, 1.165) is 0 Å². The Balaban J connectivity index is 0.000000360. The van der Waals surface area contributed by atoms with Crippen molar-refractivity contribution in [3.05, 3.63) is 12.2 Å². The van der Waals surface area contributed by atoms with Crippen molar-refractivity contribution in [1.29, 1.82) is 0 Å². The summed E-state index contributed by atoms with van der Waals surface area (Å²) in [6, 6.07) is 0. The van der Waals surface area contributed by atoms with Crippen molar-refractivity contribution in [3.8, 4) is 0 Å². The van der Waals surface area contributed by atoms with Crippen molar-refractivity contribution >= 4 is 0 Å². The van der Waals surface area contributed by atoms with Crippen molar-refractivity contribution in [2.45, 2.75) is 25.7 Å². The zero-order valence-electron chi connectivity index (χ0n) is 4.43. The van der Waals surface area contributed by atoms with Crippen LogP contribution in [-0.2, 0) is 18.6 Å². The van der Waals surface area contributed by atoms with Crippen molar-refractivity contribution in [2.75, 3.05) is 0 Å². The monoisotopic (exact) mass is 133 g/mol. The van der Waals surface area contributed by atoms with Gasteiger partial charge in [-0.05, 0) is 25.7 Å². The minimum atomic E-state index is 0. The molecule has 39 valence electrons. The van der Waals surface area contributed by atoms with Gasteiger partial charge >= 0.3 is 0 Å². The quantitative estimate of drug-likeness (QED) is 0.444. The van der Waals surface area contributed by atoms with Gasteiger partial charge in [0.2, 0.25) is 0 Å². The molecule has 1 heteroatoms. The molecule has 1 rings (SSSR count). The SMILES string of the molecule is C1=CCCCC1.[V]. The summed E-state index contributed by atoms with van der Waals surface area (Å²) in [5.41, 5.74) is 0. The first-order chi connectivity index (χ1) is 3.00. The van der Waals surface area contributed by atoms with Gasteiger partial charge in [0.25, 0.3) is 0 Å². The molecule has 0 saturated carbocycles. The summed E-state index contributed by atoms with van der Waals surface area (Å²) < 4.78 is 0. The Morgan fingerprint density at radius 1 is 0.857 bits per heavy atom. The van der Waals surface area contributed by atoms with Crippen LogP contribution in [0.1, 0.15) is 25.7 Å². The van der Waals surface area contributed by atoms with Gasteiger partial charge in [-0.15, -0.1) is 0 Å². The van der Waals surface area contributed by atoms with Gasteiger partial charge in [-0.3, -0.25) is 0 Å². The molecule has 0 heterocycles. The van der Waals surface area contributed by atoms with Crippen LogP contribution in [0.25, 0.3) is 0 Å². The number of hydrogen-bond acceptors (Lipinski definition) is 0. The molecule has 0 saturated heterocycles. The van der Waals surface area contributed by atoms with Gasteiger partial charge in [-0.25, -0.2) is 0 Å². The fraction of sp³-hybridized carbons (Fsp3) is 0.667. The number of hydrogen-bond donors (Lipinski definition) is 0. The second-order valence-corrected chi connectivity index (χ2v) is 1.76. The van der Waals surface area contributed by atoms with E-state index in [-0.39, 0.29) is 18.6 Å². The molecule has 0 aromatic carbocycles. The summed E-state index contributed by atoms with van der Waals surface area (Å²) >= 11 is 0. The first-order valence-electron chi connectivity index (χ1n) is 2.65. The third kappa shape index (κ3) is 2.96. The molecule has 0 aromatic rings. The van der Waals surface area contributed by atoms with Crippen LogP contribution in [0.2, 0.25) is 0 Å². The van der Waals surface area contributed by atoms with E-state index in [4.69, 9.17) is 0 Å². The summed E-state index contributed by atoms with van der Waals surface area (Å²) in [5, 5.41) is 0. The van der Waals surface area contributed by atoms with Gasteiger partial charge in [0.15, 0.2) is 0 Å². The standard InChI is InChI=1S/C6H10.V/c1-2-4-6-5-3-1;/h1-2H,3-6H2;. The van der Waals surface area contributed by atoms with Gasteiger partial charge in [-0.2, -0.15) is 0 Å². The molecule has 0 aliphatic heterocycles. The maximum absolute atomic E-state index is 2.27. The summed E-state index contributed by atoms with van der Waals surface area (Å²) in [4.78, 5) is 0. The van der Waals surface area contributed by atoms with E-state index in [9.17, 15) is 0 Å². The Morgan fingerprint density at radius 3 is 1.43 bits per heavy atom. The minimum Gasteiger partial charge on any atom is -0.0885 e. The zero-order valence-corrected chi connectivity index (χ0v) is 5.83. The van der Waals surface area contributed by atoms with Crippen molar-refractivity contribution in [3.63, 3.8) is 0 Å². The number of rotatable bonds is 0. The number of allylic oxidation sites excluding steroid dienone is 2. The predicted octanol–water partition coefficient (Wildman–Crippen LogP) is 2.11. The second-order valence-electron chi connectivity index (χ2n) is 1.76. The van der Waals surface area contributed by atoms with E-state index in [2.05, 4.69) is 12.2 Å². The Labute approximate surface area is 56.9 Å². The van der Waals surface area contributed by atoms with Crippen molar-refractivity contribution in [1.82, 2.24) is 0 Å². The summed E-state index contributed by atoms with van der Waals surface area (Å²) in [7, 11) is 0. The summed E-state index contributed by atoms with van der Waals surface area (Å²) in [5.74, 6) is 0. The molecule has 0 bridgehead atoms. The molecule has 1 aliphatic rings. The Hall–Kier alpha value is 0.324. The third-order valence-corrected chi connectivity index (χ3v) is 1.16. The minimum absolute atomic E-state index is 0. The van der Waals surface area contributed by atoms with E-state index < -0.39 is 0 Å². The normalized spacial score (nSPS) is 18.3. The van der Waals surface area contributed by atoms with Crippen LogP contribution in [0.3, 0.4) is 0 Å². The molecule has 7 heavy (non-hydrogen) atoms. The van der Waals surface area contributed by atoms with Crippen LogP contribution in [0.15, 0.2) is 12.2 Å². The maximum atomic E-state index is 2.27. The molecule has 1 radical (unpaired) electrons. The van der Waals surface area contributed by atoms with Crippen LogP contribution in [0.4, 0.5) is 0 Å². The van der Waals surface area contributed by atoms with Gasteiger partial charge in [0, 0.05) is 18.6 Å². The van der Waals surface area contributed by atoms with Gasteiger partial charge < -0.3 is 0 Å². The second kappa shape index (κ2) is 4.48. The topological polar surface area (TPSA) is 0 Å².